The van der Waals surface area contributed by atoms with Gasteiger partial charge in [0, 0.05) is 13.5 Å². The van der Waals surface area contributed by atoms with E-state index in [4.69, 9.17) is 4.74 Å². The van der Waals surface area contributed by atoms with Gasteiger partial charge in [-0.25, -0.2) is 9.89 Å². The van der Waals surface area contributed by atoms with Gasteiger partial charge in [-0.05, 0) is 12.8 Å². The molecule has 1 aliphatic rings. The molecule has 0 radical (unpaired) electrons. The minimum atomic E-state index is -0.415. The number of amides is 2. The number of imide groups is 1. The number of rotatable bonds is 5. The van der Waals surface area contributed by atoms with E-state index < -0.39 is 11.8 Å². The first-order valence-corrected chi connectivity index (χ1v) is 7.25. The van der Waals surface area contributed by atoms with Crippen molar-refractivity contribution in [2.75, 3.05) is 12.4 Å². The average Bonchev–Trinajstić information content (AvgIpc) is 2.99. The number of carbonyl (C=O) groups excluding carboxylic acids is 2. The summed E-state index contributed by atoms with van der Waals surface area (Å²) in [5.74, 6) is -0.800. The SMILES string of the molecule is CC(=O)NC(=O)CSc1n[nH]c(=O)n1C[C@@H]1CCCO1. The van der Waals surface area contributed by atoms with Crippen molar-refractivity contribution in [2.45, 2.75) is 37.6 Å². The number of H-pyrrole nitrogens is 1. The maximum Gasteiger partial charge on any atom is 0.344 e. The van der Waals surface area contributed by atoms with Crippen molar-refractivity contribution in [1.29, 1.82) is 0 Å². The second-order valence-corrected chi connectivity index (χ2v) is 5.39. The van der Waals surface area contributed by atoms with Crippen molar-refractivity contribution in [3.05, 3.63) is 10.5 Å². The van der Waals surface area contributed by atoms with E-state index >= 15 is 0 Å². The van der Waals surface area contributed by atoms with E-state index in [0.29, 0.717) is 18.3 Å². The Balaban J connectivity index is 1.95. The van der Waals surface area contributed by atoms with Gasteiger partial charge in [-0.15, -0.1) is 5.10 Å². The van der Waals surface area contributed by atoms with Crippen molar-refractivity contribution in [3.8, 4) is 0 Å². The van der Waals surface area contributed by atoms with Gasteiger partial charge >= 0.3 is 5.69 Å². The molecule has 8 nitrogen and oxygen atoms in total. The molecule has 1 fully saturated rings. The highest BCUT2D eigenvalue weighted by molar-refractivity contribution is 7.99. The van der Waals surface area contributed by atoms with E-state index in [2.05, 4.69) is 15.5 Å². The standard InChI is InChI=1S/C11H16N4O4S/c1-7(16)12-9(17)6-20-11-14-13-10(18)15(11)5-8-3-2-4-19-8/h8H,2-6H2,1H3,(H,13,18)(H,12,16,17)/t8-/m0/s1. The van der Waals surface area contributed by atoms with Gasteiger partial charge in [0.15, 0.2) is 5.16 Å². The molecule has 2 rings (SSSR count). The van der Waals surface area contributed by atoms with E-state index in [1.54, 1.807) is 0 Å². The summed E-state index contributed by atoms with van der Waals surface area (Å²) < 4.78 is 6.94. The summed E-state index contributed by atoms with van der Waals surface area (Å²) in [7, 11) is 0. The van der Waals surface area contributed by atoms with Crippen molar-refractivity contribution < 1.29 is 14.3 Å². The Morgan fingerprint density at radius 1 is 1.60 bits per heavy atom. The Morgan fingerprint density at radius 2 is 2.40 bits per heavy atom. The number of thioether (sulfide) groups is 1. The number of nitrogens with one attached hydrogen (secondary N) is 2. The molecule has 0 unspecified atom stereocenters. The fourth-order valence-electron chi connectivity index (χ4n) is 1.93. The summed E-state index contributed by atoms with van der Waals surface area (Å²) in [6.45, 7) is 2.40. The van der Waals surface area contributed by atoms with Crippen LogP contribution in [0.25, 0.3) is 0 Å². The quantitative estimate of drug-likeness (QED) is 0.710. The number of hydrogen-bond donors (Lipinski definition) is 2. The highest BCUT2D eigenvalue weighted by Crippen LogP contribution is 2.17. The van der Waals surface area contributed by atoms with E-state index in [9.17, 15) is 14.4 Å². The molecule has 20 heavy (non-hydrogen) atoms. The third-order valence-corrected chi connectivity index (χ3v) is 3.76. The lowest BCUT2D eigenvalue weighted by Gasteiger charge is -2.10. The van der Waals surface area contributed by atoms with Gasteiger partial charge in [-0.1, -0.05) is 11.8 Å². The molecule has 1 aromatic rings. The Hall–Kier alpha value is -1.61. The summed E-state index contributed by atoms with van der Waals surface area (Å²) in [6.07, 6.45) is 1.91. The van der Waals surface area contributed by atoms with Gasteiger partial charge in [-0.3, -0.25) is 19.5 Å². The zero-order valence-corrected chi connectivity index (χ0v) is 11.9. The molecule has 9 heteroatoms. The summed E-state index contributed by atoms with van der Waals surface area (Å²) in [5, 5.41) is 8.82. The molecule has 0 aromatic carbocycles. The van der Waals surface area contributed by atoms with Gasteiger partial charge in [0.1, 0.15) is 0 Å². The first kappa shape index (κ1) is 14.8. The summed E-state index contributed by atoms with van der Waals surface area (Å²) in [6, 6.07) is 0. The molecule has 1 aliphatic heterocycles. The van der Waals surface area contributed by atoms with E-state index in [1.165, 1.54) is 11.5 Å². The lowest BCUT2D eigenvalue weighted by atomic mass is 10.2. The molecule has 1 atom stereocenters. The second kappa shape index (κ2) is 6.71. The molecule has 0 spiro atoms. The molecular weight excluding hydrogens is 284 g/mol. The lowest BCUT2D eigenvalue weighted by molar-refractivity contribution is -0.127. The third kappa shape index (κ3) is 3.94. The molecule has 2 amide bonds. The predicted octanol–water partition coefficient (Wildman–Crippen LogP) is -0.495. The summed E-state index contributed by atoms with van der Waals surface area (Å²) >= 11 is 1.10. The second-order valence-electron chi connectivity index (χ2n) is 4.45. The summed E-state index contributed by atoms with van der Waals surface area (Å²) in [5.41, 5.74) is -0.324. The van der Waals surface area contributed by atoms with Crippen molar-refractivity contribution in [1.82, 2.24) is 20.1 Å². The minimum absolute atomic E-state index is 0.00990. The maximum absolute atomic E-state index is 11.7. The maximum atomic E-state index is 11.7. The number of carbonyl (C=O) groups is 2. The van der Waals surface area contributed by atoms with Crippen LogP contribution >= 0.6 is 11.8 Å². The van der Waals surface area contributed by atoms with E-state index in [-0.39, 0.29) is 17.5 Å². The van der Waals surface area contributed by atoms with Gasteiger partial charge in [0.05, 0.1) is 18.4 Å². The van der Waals surface area contributed by atoms with E-state index in [0.717, 1.165) is 24.6 Å². The minimum Gasteiger partial charge on any atom is -0.376 e. The highest BCUT2D eigenvalue weighted by Gasteiger charge is 2.20. The first-order chi connectivity index (χ1) is 9.56. The molecule has 1 saturated heterocycles. The Kier molecular flexibility index (Phi) is 4.96. The molecule has 0 aliphatic carbocycles. The largest absolute Gasteiger partial charge is 0.376 e. The Labute approximate surface area is 119 Å². The smallest absolute Gasteiger partial charge is 0.344 e. The van der Waals surface area contributed by atoms with Crippen LogP contribution in [-0.4, -0.2) is 45.0 Å². The third-order valence-electron chi connectivity index (χ3n) is 2.78. The molecule has 1 aromatic heterocycles. The molecule has 0 saturated carbocycles. The average molecular weight is 300 g/mol. The Morgan fingerprint density at radius 3 is 3.05 bits per heavy atom. The first-order valence-electron chi connectivity index (χ1n) is 6.26. The molecule has 2 heterocycles. The van der Waals surface area contributed by atoms with Gasteiger partial charge < -0.3 is 4.74 Å². The topological polar surface area (TPSA) is 106 Å². The van der Waals surface area contributed by atoms with Gasteiger partial charge in [0.2, 0.25) is 11.8 Å². The van der Waals surface area contributed by atoms with Crippen LogP contribution in [0, 0.1) is 0 Å². The number of aromatic nitrogens is 3. The number of aromatic amines is 1. The normalized spacial score (nSPS) is 18.1. The van der Waals surface area contributed by atoms with E-state index in [1.807, 2.05) is 0 Å². The van der Waals surface area contributed by atoms with Crippen molar-refractivity contribution in [3.63, 3.8) is 0 Å². The fourth-order valence-corrected chi connectivity index (χ4v) is 2.68. The fraction of sp³-hybridized carbons (Fsp3) is 0.636. The van der Waals surface area contributed by atoms with Crippen LogP contribution in [-0.2, 0) is 20.9 Å². The zero-order chi connectivity index (χ0) is 14.5. The number of hydrogen-bond acceptors (Lipinski definition) is 6. The molecule has 2 N–H and O–H groups in total. The monoisotopic (exact) mass is 300 g/mol. The highest BCUT2D eigenvalue weighted by atomic mass is 32.2. The summed E-state index contributed by atoms with van der Waals surface area (Å²) in [4.78, 5) is 33.8. The predicted molar refractivity (Wildman–Crippen MR) is 71.4 cm³/mol. The van der Waals surface area contributed by atoms with Crippen LogP contribution in [0.1, 0.15) is 19.8 Å². The Bertz CT molecular complexity index is 547. The van der Waals surface area contributed by atoms with Crippen molar-refractivity contribution >= 4 is 23.6 Å². The van der Waals surface area contributed by atoms with Gasteiger partial charge in [-0.2, -0.15) is 0 Å². The van der Waals surface area contributed by atoms with Crippen LogP contribution in [0.5, 0.6) is 0 Å². The molecule has 110 valence electrons. The van der Waals surface area contributed by atoms with Crippen LogP contribution in [0.15, 0.2) is 9.95 Å². The van der Waals surface area contributed by atoms with Crippen LogP contribution in [0.3, 0.4) is 0 Å². The van der Waals surface area contributed by atoms with Crippen LogP contribution < -0.4 is 11.0 Å². The number of ether oxygens (including phenoxy) is 1. The van der Waals surface area contributed by atoms with Crippen LogP contribution in [0.4, 0.5) is 0 Å². The molecule has 0 bridgehead atoms. The van der Waals surface area contributed by atoms with Crippen LogP contribution in [0.2, 0.25) is 0 Å². The molecular formula is C11H16N4O4S. The zero-order valence-electron chi connectivity index (χ0n) is 11.0. The number of nitrogens with zero attached hydrogens (tertiary/aromatic N) is 2. The lowest BCUT2D eigenvalue weighted by Crippen LogP contribution is -2.30. The van der Waals surface area contributed by atoms with Gasteiger partial charge in [0.25, 0.3) is 0 Å². The van der Waals surface area contributed by atoms with Crippen molar-refractivity contribution in [2.24, 2.45) is 0 Å².